The van der Waals surface area contributed by atoms with E-state index >= 15 is 0 Å². The van der Waals surface area contributed by atoms with Gasteiger partial charge < -0.3 is 20.1 Å². The average molecular weight is 475 g/mol. The van der Waals surface area contributed by atoms with Gasteiger partial charge in [0.05, 0.1) is 20.3 Å². The number of nitrogens with one attached hydrogen (secondary N) is 2. The average Bonchev–Trinajstić information content (AvgIpc) is 3.02. The summed E-state index contributed by atoms with van der Waals surface area (Å²) < 4.78 is 10.9. The zero-order valence-electron chi connectivity index (χ0n) is 14.9. The summed E-state index contributed by atoms with van der Waals surface area (Å²) in [5, 5.41) is 8.74. The lowest BCUT2D eigenvalue weighted by Crippen LogP contribution is -2.37. The van der Waals surface area contributed by atoms with Crippen molar-refractivity contribution >= 4 is 41.3 Å². The van der Waals surface area contributed by atoms with Crippen LogP contribution in [0.3, 0.4) is 0 Å². The van der Waals surface area contributed by atoms with Gasteiger partial charge in [-0.15, -0.1) is 35.3 Å². The topological polar surface area (TPSA) is 54.9 Å². The third-order valence-corrected chi connectivity index (χ3v) is 4.55. The smallest absolute Gasteiger partial charge is 0.191 e. The maximum absolute atomic E-state index is 5.72. The number of guanidine groups is 1. The first kappa shape index (κ1) is 21.6. The molecule has 0 saturated heterocycles. The lowest BCUT2D eigenvalue weighted by Gasteiger charge is -2.12. The van der Waals surface area contributed by atoms with Gasteiger partial charge in [0.25, 0.3) is 0 Å². The first-order chi connectivity index (χ1) is 11.7. The van der Waals surface area contributed by atoms with E-state index in [9.17, 15) is 0 Å². The van der Waals surface area contributed by atoms with Crippen LogP contribution in [0.25, 0.3) is 0 Å². The third-order valence-electron chi connectivity index (χ3n) is 3.53. The Morgan fingerprint density at radius 1 is 1.20 bits per heavy atom. The summed E-state index contributed by atoms with van der Waals surface area (Å²) in [6.45, 7) is 4.36. The minimum Gasteiger partial charge on any atom is -0.497 e. The summed E-state index contributed by atoms with van der Waals surface area (Å²) in [4.78, 5) is 5.57. The Morgan fingerprint density at radius 3 is 2.68 bits per heavy atom. The van der Waals surface area contributed by atoms with Crippen LogP contribution in [0.1, 0.15) is 16.9 Å². The fraction of sp³-hybridized carbons (Fsp3) is 0.389. The maximum atomic E-state index is 5.72. The summed E-state index contributed by atoms with van der Waals surface area (Å²) in [6, 6.07) is 9.77. The number of benzene rings is 1. The van der Waals surface area contributed by atoms with Crippen molar-refractivity contribution in [1.82, 2.24) is 10.6 Å². The van der Waals surface area contributed by atoms with Crippen molar-refractivity contribution in [2.45, 2.75) is 19.9 Å². The molecule has 0 aliphatic heterocycles. The summed E-state index contributed by atoms with van der Waals surface area (Å²) in [5.41, 5.74) is 1.31. The summed E-state index contributed by atoms with van der Waals surface area (Å²) in [5.74, 6) is 2.44. The van der Waals surface area contributed by atoms with Crippen LogP contribution in [0.5, 0.6) is 11.5 Å². The number of nitrogens with zero attached hydrogens (tertiary/aromatic N) is 1. The number of ether oxygens (including phenoxy) is 2. The summed E-state index contributed by atoms with van der Waals surface area (Å²) >= 11 is 1.76. The molecule has 1 aromatic heterocycles. The van der Waals surface area contributed by atoms with Gasteiger partial charge in [0, 0.05) is 24.5 Å². The second kappa shape index (κ2) is 12.0. The van der Waals surface area contributed by atoms with E-state index in [2.05, 4.69) is 34.0 Å². The molecule has 5 nitrogen and oxygen atoms in total. The normalized spacial score (nSPS) is 10.8. The van der Waals surface area contributed by atoms with Crippen molar-refractivity contribution < 1.29 is 9.47 Å². The highest BCUT2D eigenvalue weighted by Gasteiger charge is 2.02. The number of halogens is 1. The molecule has 0 saturated carbocycles. The Morgan fingerprint density at radius 2 is 2.00 bits per heavy atom. The molecular weight excluding hydrogens is 449 g/mol. The van der Waals surface area contributed by atoms with Gasteiger partial charge in [-0.1, -0.05) is 6.07 Å². The van der Waals surface area contributed by atoms with E-state index in [4.69, 9.17) is 9.47 Å². The fourth-order valence-corrected chi connectivity index (χ4v) is 2.98. The van der Waals surface area contributed by atoms with Crippen molar-refractivity contribution in [1.29, 1.82) is 0 Å². The quantitative estimate of drug-likeness (QED) is 0.264. The second-order valence-corrected chi connectivity index (χ2v) is 6.26. The van der Waals surface area contributed by atoms with Crippen LogP contribution in [0.4, 0.5) is 0 Å². The molecule has 2 aromatic rings. The molecule has 7 heteroatoms. The van der Waals surface area contributed by atoms with Crippen LogP contribution in [0, 0.1) is 6.92 Å². The van der Waals surface area contributed by atoms with Crippen LogP contribution >= 0.6 is 35.3 Å². The number of rotatable bonds is 8. The molecule has 1 aromatic carbocycles. The number of thiophene rings is 1. The van der Waals surface area contributed by atoms with Gasteiger partial charge in [-0.25, -0.2) is 0 Å². The molecule has 0 radical (unpaired) electrons. The van der Waals surface area contributed by atoms with Crippen molar-refractivity contribution in [2.24, 2.45) is 4.99 Å². The van der Waals surface area contributed by atoms with Crippen LogP contribution in [0.2, 0.25) is 0 Å². The van der Waals surface area contributed by atoms with Crippen molar-refractivity contribution in [3.8, 4) is 11.5 Å². The first-order valence-electron chi connectivity index (χ1n) is 7.97. The zero-order chi connectivity index (χ0) is 17.2. The fourth-order valence-electron chi connectivity index (χ4n) is 2.13. The van der Waals surface area contributed by atoms with E-state index in [1.165, 1.54) is 10.4 Å². The van der Waals surface area contributed by atoms with Crippen molar-refractivity contribution in [2.75, 3.05) is 27.3 Å². The van der Waals surface area contributed by atoms with Crippen molar-refractivity contribution in [3.63, 3.8) is 0 Å². The summed E-state index contributed by atoms with van der Waals surface area (Å²) in [7, 11) is 3.43. The Balaban J connectivity index is 0.00000312. The van der Waals surface area contributed by atoms with E-state index in [0.29, 0.717) is 6.61 Å². The molecule has 1 heterocycles. The molecular formula is C18H26IN3O2S. The van der Waals surface area contributed by atoms with Gasteiger partial charge in [0.15, 0.2) is 5.96 Å². The lowest BCUT2D eigenvalue weighted by atomic mass is 10.3. The second-order valence-electron chi connectivity index (χ2n) is 5.26. The molecule has 0 aliphatic rings. The van der Waals surface area contributed by atoms with E-state index < -0.39 is 0 Å². The monoisotopic (exact) mass is 475 g/mol. The number of hydrogen-bond acceptors (Lipinski definition) is 4. The van der Waals surface area contributed by atoms with Crippen LogP contribution < -0.4 is 20.1 Å². The van der Waals surface area contributed by atoms with E-state index in [0.717, 1.165) is 37.0 Å². The van der Waals surface area contributed by atoms with Crippen LogP contribution in [0.15, 0.2) is 40.7 Å². The first-order valence-corrected chi connectivity index (χ1v) is 8.85. The standard InChI is InChI=1S/C18H25N3O2S.HI/c1-14-8-11-24-17(14)13-21-18(19-2)20-9-5-10-23-16-7-4-6-15(12-16)22-3;/h4,6-8,11-12H,5,9-10,13H2,1-3H3,(H2,19,20,21);1H. The molecule has 0 aliphatic carbocycles. The van der Waals surface area contributed by atoms with Gasteiger partial charge in [0.2, 0.25) is 0 Å². The van der Waals surface area contributed by atoms with Gasteiger partial charge in [-0.05, 0) is 42.5 Å². The largest absolute Gasteiger partial charge is 0.497 e. The molecule has 25 heavy (non-hydrogen) atoms. The highest BCUT2D eigenvalue weighted by molar-refractivity contribution is 14.0. The SMILES string of the molecule is CN=C(NCCCOc1cccc(OC)c1)NCc1sccc1C.I. The third kappa shape index (κ3) is 7.52. The molecule has 138 valence electrons. The van der Waals surface area contributed by atoms with E-state index in [1.807, 2.05) is 24.3 Å². The Bertz CT molecular complexity index is 661. The van der Waals surface area contributed by atoms with Gasteiger partial charge in [-0.2, -0.15) is 0 Å². The predicted molar refractivity (Wildman–Crippen MR) is 116 cm³/mol. The van der Waals surface area contributed by atoms with E-state index in [-0.39, 0.29) is 24.0 Å². The maximum Gasteiger partial charge on any atom is 0.191 e. The van der Waals surface area contributed by atoms with E-state index in [1.54, 1.807) is 25.5 Å². The number of methoxy groups -OCH3 is 1. The molecule has 0 fully saturated rings. The number of aryl methyl sites for hydroxylation is 1. The lowest BCUT2D eigenvalue weighted by molar-refractivity contribution is 0.308. The Labute approximate surface area is 170 Å². The number of hydrogen-bond donors (Lipinski definition) is 2. The highest BCUT2D eigenvalue weighted by atomic mass is 127. The molecule has 0 spiro atoms. The van der Waals surface area contributed by atoms with Gasteiger partial charge in [0.1, 0.15) is 11.5 Å². The molecule has 2 N–H and O–H groups in total. The summed E-state index contributed by atoms with van der Waals surface area (Å²) in [6.07, 6.45) is 0.885. The zero-order valence-corrected chi connectivity index (χ0v) is 18.0. The van der Waals surface area contributed by atoms with Crippen molar-refractivity contribution in [3.05, 3.63) is 46.2 Å². The molecule has 0 atom stereocenters. The predicted octanol–water partition coefficient (Wildman–Crippen LogP) is 3.82. The molecule has 2 rings (SSSR count). The minimum absolute atomic E-state index is 0. The molecule has 0 unspecified atom stereocenters. The van der Waals surface area contributed by atoms with Gasteiger partial charge in [-0.3, -0.25) is 4.99 Å². The number of aliphatic imine (C=N–C) groups is 1. The minimum atomic E-state index is 0. The van der Waals surface area contributed by atoms with Crippen LogP contribution in [-0.4, -0.2) is 33.3 Å². The van der Waals surface area contributed by atoms with Gasteiger partial charge >= 0.3 is 0 Å². The van der Waals surface area contributed by atoms with Crippen LogP contribution in [-0.2, 0) is 6.54 Å². The molecule has 0 amide bonds. The Kier molecular flexibility index (Phi) is 10.3. The molecule has 0 bridgehead atoms. The Hall–Kier alpha value is -1.48. The highest BCUT2D eigenvalue weighted by Crippen LogP contribution is 2.18.